The first-order chi connectivity index (χ1) is 17.0. The Morgan fingerprint density at radius 1 is 1.14 bits per heavy atom. The Kier molecular flexibility index (Phi) is 10.5. The molecule has 2 aromatic rings. The van der Waals surface area contributed by atoms with E-state index in [1.54, 1.807) is 19.5 Å². The third kappa shape index (κ3) is 7.75. The molecule has 2 amide bonds. The lowest BCUT2D eigenvalue weighted by atomic mass is 10.0. The highest BCUT2D eigenvalue weighted by Crippen LogP contribution is 2.24. The minimum Gasteiger partial charge on any atom is -0.491 e. The van der Waals surface area contributed by atoms with Gasteiger partial charge in [0, 0.05) is 39.1 Å². The number of fused-ring (bicyclic) bond motifs is 1. The van der Waals surface area contributed by atoms with Gasteiger partial charge in [0.05, 0.1) is 24.4 Å². The summed E-state index contributed by atoms with van der Waals surface area (Å²) >= 11 is 0. The van der Waals surface area contributed by atoms with Gasteiger partial charge >= 0.3 is 0 Å². The number of hydrogen-bond acceptors (Lipinski definition) is 6. The number of methoxy groups -OCH3 is 1. The molecule has 0 spiro atoms. The first-order valence-corrected chi connectivity index (χ1v) is 12.6. The van der Waals surface area contributed by atoms with E-state index in [0.29, 0.717) is 55.8 Å². The monoisotopic (exact) mass is 482 g/mol. The minimum absolute atomic E-state index is 0.0531. The standard InChI is InChI=1S/C27H38N4O4/c1-21(2)18-22-20-35-25-11-7-6-10-23(25)26(32)30(16-17-34-3)14-8-4-5-9-15-31(22)27(33)24-19-28-12-13-29-24/h6-7,10-13,19,21-22H,4-5,8-9,14-18,20H2,1-3H3/t22-/m0/s1. The molecule has 0 fully saturated rings. The van der Waals surface area contributed by atoms with Crippen molar-refractivity contribution in [2.75, 3.05) is 40.0 Å². The number of carbonyl (C=O) groups is 2. The van der Waals surface area contributed by atoms with Gasteiger partial charge in [0.25, 0.3) is 11.8 Å². The smallest absolute Gasteiger partial charge is 0.274 e. The molecule has 0 N–H and O–H groups in total. The lowest BCUT2D eigenvalue weighted by Crippen LogP contribution is -2.45. The van der Waals surface area contributed by atoms with Crippen molar-refractivity contribution in [3.63, 3.8) is 0 Å². The molecule has 35 heavy (non-hydrogen) atoms. The maximum absolute atomic E-state index is 13.5. The number of rotatable bonds is 6. The summed E-state index contributed by atoms with van der Waals surface area (Å²) in [6.07, 6.45) is 9.14. The van der Waals surface area contributed by atoms with Gasteiger partial charge < -0.3 is 19.3 Å². The van der Waals surface area contributed by atoms with Crippen molar-refractivity contribution in [1.29, 1.82) is 0 Å². The highest BCUT2D eigenvalue weighted by atomic mass is 16.5. The Labute approximate surface area is 208 Å². The molecule has 1 aliphatic heterocycles. The van der Waals surface area contributed by atoms with Gasteiger partial charge in [-0.05, 0) is 37.3 Å². The van der Waals surface area contributed by atoms with Crippen molar-refractivity contribution in [1.82, 2.24) is 19.8 Å². The second kappa shape index (κ2) is 13.8. The highest BCUT2D eigenvalue weighted by molar-refractivity contribution is 5.97. The van der Waals surface area contributed by atoms with Crippen LogP contribution < -0.4 is 4.74 Å². The molecule has 1 aromatic heterocycles. The van der Waals surface area contributed by atoms with E-state index in [9.17, 15) is 9.59 Å². The van der Waals surface area contributed by atoms with Crippen LogP contribution in [0.15, 0.2) is 42.9 Å². The second-order valence-electron chi connectivity index (χ2n) is 9.38. The quantitative estimate of drug-likeness (QED) is 0.617. The second-order valence-corrected chi connectivity index (χ2v) is 9.38. The van der Waals surface area contributed by atoms with E-state index >= 15 is 0 Å². The molecule has 1 atom stereocenters. The SMILES string of the molecule is COCCN1CCCCCCN(C(=O)c2cnccn2)[C@@H](CC(C)C)COc2ccccc2C1=O. The van der Waals surface area contributed by atoms with E-state index in [0.717, 1.165) is 32.1 Å². The Morgan fingerprint density at radius 2 is 1.91 bits per heavy atom. The predicted molar refractivity (Wildman–Crippen MR) is 134 cm³/mol. The molecule has 0 saturated carbocycles. The number of para-hydroxylation sites is 1. The van der Waals surface area contributed by atoms with E-state index in [1.165, 1.54) is 6.20 Å². The van der Waals surface area contributed by atoms with E-state index in [1.807, 2.05) is 34.1 Å². The lowest BCUT2D eigenvalue weighted by molar-refractivity contribution is 0.0556. The van der Waals surface area contributed by atoms with Gasteiger partial charge in [0.2, 0.25) is 0 Å². The van der Waals surface area contributed by atoms with E-state index in [2.05, 4.69) is 23.8 Å². The summed E-state index contributed by atoms with van der Waals surface area (Å²) in [4.78, 5) is 39.0. The number of nitrogens with zero attached hydrogens (tertiary/aromatic N) is 4. The normalized spacial score (nSPS) is 18.1. The van der Waals surface area contributed by atoms with Crippen LogP contribution in [0.2, 0.25) is 0 Å². The average molecular weight is 483 g/mol. The van der Waals surface area contributed by atoms with Crippen LogP contribution in [0.25, 0.3) is 0 Å². The molecule has 1 aliphatic rings. The summed E-state index contributed by atoms with van der Waals surface area (Å²) in [6, 6.07) is 7.21. The molecule has 8 heteroatoms. The zero-order valence-corrected chi connectivity index (χ0v) is 21.2. The first kappa shape index (κ1) is 26.6. The van der Waals surface area contributed by atoms with Gasteiger partial charge in [0.15, 0.2) is 0 Å². The van der Waals surface area contributed by atoms with Crippen molar-refractivity contribution in [3.8, 4) is 5.75 Å². The topological polar surface area (TPSA) is 84.9 Å². The Hall–Kier alpha value is -3.00. The summed E-state index contributed by atoms with van der Waals surface area (Å²) in [5, 5.41) is 0. The molecule has 2 heterocycles. The molecule has 1 aromatic carbocycles. The van der Waals surface area contributed by atoms with Crippen LogP contribution in [-0.2, 0) is 4.74 Å². The van der Waals surface area contributed by atoms with Gasteiger partial charge in [-0.1, -0.05) is 38.8 Å². The molecule has 0 saturated heterocycles. The highest BCUT2D eigenvalue weighted by Gasteiger charge is 2.28. The third-order valence-corrected chi connectivity index (χ3v) is 6.21. The summed E-state index contributed by atoms with van der Waals surface area (Å²) in [6.45, 7) is 6.90. The molecule has 0 bridgehead atoms. The van der Waals surface area contributed by atoms with Crippen LogP contribution in [0.3, 0.4) is 0 Å². The molecular weight excluding hydrogens is 444 g/mol. The lowest BCUT2D eigenvalue weighted by Gasteiger charge is -2.33. The van der Waals surface area contributed by atoms with Gasteiger partial charge in [-0.25, -0.2) is 4.98 Å². The summed E-state index contributed by atoms with van der Waals surface area (Å²) in [7, 11) is 1.65. The van der Waals surface area contributed by atoms with Crippen molar-refractivity contribution >= 4 is 11.8 Å². The van der Waals surface area contributed by atoms with Crippen molar-refractivity contribution in [2.24, 2.45) is 5.92 Å². The Bertz CT molecular complexity index is 938. The fourth-order valence-electron chi connectivity index (χ4n) is 4.42. The van der Waals surface area contributed by atoms with Gasteiger partial charge in [-0.3, -0.25) is 14.6 Å². The van der Waals surface area contributed by atoms with Crippen LogP contribution in [-0.4, -0.2) is 77.6 Å². The minimum atomic E-state index is -0.153. The molecule has 8 nitrogen and oxygen atoms in total. The van der Waals surface area contributed by atoms with Crippen LogP contribution in [0.5, 0.6) is 5.75 Å². The molecular formula is C27H38N4O4. The Morgan fingerprint density at radius 3 is 2.63 bits per heavy atom. The average Bonchev–Trinajstić information content (AvgIpc) is 2.87. The van der Waals surface area contributed by atoms with Crippen LogP contribution >= 0.6 is 0 Å². The Balaban J connectivity index is 1.91. The van der Waals surface area contributed by atoms with Crippen molar-refractivity contribution in [3.05, 3.63) is 54.1 Å². The largest absolute Gasteiger partial charge is 0.491 e. The summed E-state index contributed by atoms with van der Waals surface area (Å²) in [5.74, 6) is 0.718. The number of ether oxygens (including phenoxy) is 2. The maximum Gasteiger partial charge on any atom is 0.274 e. The number of hydrogen-bond donors (Lipinski definition) is 0. The zero-order valence-electron chi connectivity index (χ0n) is 21.2. The molecule has 0 unspecified atom stereocenters. The van der Waals surface area contributed by atoms with Crippen molar-refractivity contribution < 1.29 is 19.1 Å². The van der Waals surface area contributed by atoms with Gasteiger partial charge in [-0.15, -0.1) is 0 Å². The number of aromatic nitrogens is 2. The summed E-state index contributed by atoms with van der Waals surface area (Å²) in [5.41, 5.74) is 0.877. The fraction of sp³-hybridized carbons (Fsp3) is 0.556. The molecule has 0 aliphatic carbocycles. The first-order valence-electron chi connectivity index (χ1n) is 12.6. The van der Waals surface area contributed by atoms with E-state index < -0.39 is 0 Å². The zero-order chi connectivity index (χ0) is 25.0. The van der Waals surface area contributed by atoms with Crippen LogP contribution in [0.1, 0.15) is 66.8 Å². The van der Waals surface area contributed by atoms with Gasteiger partial charge in [-0.2, -0.15) is 0 Å². The third-order valence-electron chi connectivity index (χ3n) is 6.21. The van der Waals surface area contributed by atoms with Crippen LogP contribution in [0, 0.1) is 5.92 Å². The van der Waals surface area contributed by atoms with Crippen LogP contribution in [0.4, 0.5) is 0 Å². The summed E-state index contributed by atoms with van der Waals surface area (Å²) < 4.78 is 11.5. The van der Waals surface area contributed by atoms with Gasteiger partial charge in [0.1, 0.15) is 18.1 Å². The molecule has 0 radical (unpaired) electrons. The number of carbonyl (C=O) groups excluding carboxylic acids is 2. The molecule has 190 valence electrons. The predicted octanol–water partition coefficient (Wildman–Crippen LogP) is 4.08. The van der Waals surface area contributed by atoms with E-state index in [-0.39, 0.29) is 17.9 Å². The number of benzene rings is 1. The molecule has 3 rings (SSSR count). The van der Waals surface area contributed by atoms with E-state index in [4.69, 9.17) is 9.47 Å². The maximum atomic E-state index is 13.5. The van der Waals surface area contributed by atoms with Crippen molar-refractivity contribution in [2.45, 2.75) is 52.0 Å². The number of amides is 2. The fourth-order valence-corrected chi connectivity index (χ4v) is 4.42.